The van der Waals surface area contributed by atoms with Gasteiger partial charge in [-0.3, -0.25) is 4.79 Å². The zero-order valence-electron chi connectivity index (χ0n) is 15.3. The van der Waals surface area contributed by atoms with Gasteiger partial charge >= 0.3 is 0 Å². The van der Waals surface area contributed by atoms with Crippen LogP contribution in [-0.4, -0.2) is 32.3 Å². The first-order valence-corrected chi connectivity index (χ1v) is 9.02. The average Bonchev–Trinajstić information content (AvgIpc) is 3.12. The van der Waals surface area contributed by atoms with E-state index < -0.39 is 0 Å². The van der Waals surface area contributed by atoms with E-state index in [4.69, 9.17) is 4.42 Å². The maximum Gasteiger partial charge on any atom is 0.257 e. The molecule has 3 aromatic rings. The molecule has 0 spiro atoms. The summed E-state index contributed by atoms with van der Waals surface area (Å²) >= 11 is 0. The lowest BCUT2D eigenvalue weighted by molar-refractivity contribution is 0.0727. The third kappa shape index (κ3) is 3.67. The lowest BCUT2D eigenvalue weighted by Gasteiger charge is -2.25. The highest BCUT2D eigenvalue weighted by atomic mass is 16.4. The largest absolute Gasteiger partial charge is 0.445 e. The van der Waals surface area contributed by atoms with Crippen molar-refractivity contribution in [3.63, 3.8) is 0 Å². The lowest BCUT2D eigenvalue weighted by Crippen LogP contribution is -2.36. The highest BCUT2D eigenvalue weighted by Gasteiger charge is 2.27. The summed E-state index contributed by atoms with van der Waals surface area (Å²) in [6.45, 7) is 5.14. The van der Waals surface area contributed by atoms with Crippen molar-refractivity contribution in [2.45, 2.75) is 32.7 Å². The van der Waals surface area contributed by atoms with Gasteiger partial charge in [-0.1, -0.05) is 32.0 Å². The fraction of sp³-hybridized carbons (Fsp3) is 0.300. The summed E-state index contributed by atoms with van der Waals surface area (Å²) in [4.78, 5) is 27.6. The number of amides is 1. The van der Waals surface area contributed by atoms with E-state index in [1.165, 1.54) is 0 Å². The van der Waals surface area contributed by atoms with Crippen LogP contribution in [0.4, 0.5) is 11.6 Å². The molecule has 1 amide bonds. The van der Waals surface area contributed by atoms with Crippen LogP contribution >= 0.6 is 0 Å². The Kier molecular flexibility index (Phi) is 4.58. The van der Waals surface area contributed by atoms with Crippen LogP contribution in [0, 0.1) is 0 Å². The van der Waals surface area contributed by atoms with Gasteiger partial charge in [0, 0.05) is 37.0 Å². The van der Waals surface area contributed by atoms with Crippen molar-refractivity contribution in [2.24, 2.45) is 0 Å². The van der Waals surface area contributed by atoms with Gasteiger partial charge in [-0.25, -0.2) is 15.0 Å². The van der Waals surface area contributed by atoms with Gasteiger partial charge in [-0.15, -0.1) is 0 Å². The van der Waals surface area contributed by atoms with Crippen molar-refractivity contribution in [3.8, 4) is 0 Å². The average molecular weight is 363 g/mol. The second-order valence-electron chi connectivity index (χ2n) is 6.84. The quantitative estimate of drug-likeness (QED) is 0.763. The van der Waals surface area contributed by atoms with Gasteiger partial charge in [-0.05, 0) is 12.1 Å². The molecule has 0 saturated carbocycles. The van der Waals surface area contributed by atoms with Crippen molar-refractivity contribution in [1.82, 2.24) is 19.9 Å². The second kappa shape index (κ2) is 7.19. The minimum absolute atomic E-state index is 0.0963. The molecule has 1 aromatic carbocycles. The van der Waals surface area contributed by atoms with E-state index in [9.17, 15) is 4.79 Å². The highest BCUT2D eigenvalue weighted by Crippen LogP contribution is 2.24. The maximum atomic E-state index is 12.8. The summed E-state index contributed by atoms with van der Waals surface area (Å²) in [6.07, 6.45) is 3.78. The number of hydrogen-bond acceptors (Lipinski definition) is 6. The molecule has 1 aliphatic rings. The fourth-order valence-corrected chi connectivity index (χ4v) is 2.98. The Hall–Kier alpha value is -3.22. The van der Waals surface area contributed by atoms with E-state index in [1.807, 2.05) is 44.2 Å². The standard InChI is InChI=1S/C20H21N5O2/c1-13(2)18-24-16-12-25(9-8-17(16)27-18)19(26)14-10-21-20(22-11-14)23-15-6-4-3-5-7-15/h3-7,10-11,13H,8-9,12H2,1-2H3,(H,21,22,23). The molecule has 1 aliphatic heterocycles. The maximum absolute atomic E-state index is 12.8. The zero-order chi connectivity index (χ0) is 18.8. The molecule has 0 bridgehead atoms. The molecule has 27 heavy (non-hydrogen) atoms. The number of carbonyl (C=O) groups excluding carboxylic acids is 1. The van der Waals surface area contributed by atoms with Crippen LogP contribution in [-0.2, 0) is 13.0 Å². The molecule has 1 N–H and O–H groups in total. The number of nitrogens with one attached hydrogen (secondary N) is 1. The van der Waals surface area contributed by atoms with E-state index in [0.29, 0.717) is 31.0 Å². The topological polar surface area (TPSA) is 84.2 Å². The van der Waals surface area contributed by atoms with Crippen LogP contribution in [0.1, 0.15) is 47.5 Å². The number of aromatic nitrogens is 3. The number of para-hydroxylation sites is 1. The minimum Gasteiger partial charge on any atom is -0.445 e. The number of hydrogen-bond donors (Lipinski definition) is 1. The molecule has 4 rings (SSSR count). The van der Waals surface area contributed by atoms with E-state index in [2.05, 4.69) is 20.3 Å². The Morgan fingerprint density at radius 1 is 1.19 bits per heavy atom. The van der Waals surface area contributed by atoms with E-state index >= 15 is 0 Å². The third-order valence-electron chi connectivity index (χ3n) is 4.45. The summed E-state index contributed by atoms with van der Waals surface area (Å²) in [7, 11) is 0. The molecule has 0 unspecified atom stereocenters. The Bertz CT molecular complexity index is 935. The summed E-state index contributed by atoms with van der Waals surface area (Å²) in [5.74, 6) is 2.21. The van der Waals surface area contributed by atoms with Crippen LogP contribution < -0.4 is 5.32 Å². The van der Waals surface area contributed by atoms with Crippen LogP contribution in [0.3, 0.4) is 0 Å². The van der Waals surface area contributed by atoms with Crippen LogP contribution in [0.25, 0.3) is 0 Å². The number of anilines is 2. The Labute approximate surface area is 157 Å². The molecule has 7 heteroatoms. The normalized spacial score (nSPS) is 13.5. The van der Waals surface area contributed by atoms with E-state index in [-0.39, 0.29) is 11.8 Å². The first-order valence-electron chi connectivity index (χ1n) is 9.02. The fourth-order valence-electron chi connectivity index (χ4n) is 2.98. The van der Waals surface area contributed by atoms with Crippen molar-refractivity contribution in [2.75, 3.05) is 11.9 Å². The smallest absolute Gasteiger partial charge is 0.257 e. The Balaban J connectivity index is 1.45. The zero-order valence-corrected chi connectivity index (χ0v) is 15.3. The number of fused-ring (bicyclic) bond motifs is 1. The molecular weight excluding hydrogens is 342 g/mol. The van der Waals surface area contributed by atoms with Gasteiger partial charge < -0.3 is 14.6 Å². The second-order valence-corrected chi connectivity index (χ2v) is 6.84. The number of carbonyl (C=O) groups is 1. The van der Waals surface area contributed by atoms with Gasteiger partial charge in [0.15, 0.2) is 5.89 Å². The monoisotopic (exact) mass is 363 g/mol. The number of rotatable bonds is 4. The Morgan fingerprint density at radius 3 is 2.63 bits per heavy atom. The van der Waals surface area contributed by atoms with Crippen molar-refractivity contribution in [1.29, 1.82) is 0 Å². The van der Waals surface area contributed by atoms with E-state index in [1.54, 1.807) is 17.3 Å². The van der Waals surface area contributed by atoms with Crippen molar-refractivity contribution >= 4 is 17.5 Å². The summed E-state index contributed by atoms with van der Waals surface area (Å²) < 4.78 is 5.79. The molecule has 2 aromatic heterocycles. The molecule has 3 heterocycles. The van der Waals surface area contributed by atoms with Gasteiger partial charge in [-0.2, -0.15) is 0 Å². The number of benzene rings is 1. The molecule has 0 fully saturated rings. The molecule has 0 atom stereocenters. The minimum atomic E-state index is -0.0963. The number of nitrogens with zero attached hydrogens (tertiary/aromatic N) is 4. The molecule has 0 saturated heterocycles. The SMILES string of the molecule is CC(C)c1nc2c(o1)CCN(C(=O)c1cnc(Nc3ccccc3)nc1)C2. The first kappa shape index (κ1) is 17.2. The van der Waals surface area contributed by atoms with Gasteiger partial charge in [0.25, 0.3) is 5.91 Å². The lowest BCUT2D eigenvalue weighted by atomic mass is 10.1. The van der Waals surface area contributed by atoms with Gasteiger partial charge in [0.2, 0.25) is 5.95 Å². The van der Waals surface area contributed by atoms with Crippen LogP contribution in [0.2, 0.25) is 0 Å². The molecule has 7 nitrogen and oxygen atoms in total. The van der Waals surface area contributed by atoms with Crippen LogP contribution in [0.15, 0.2) is 47.1 Å². The number of oxazole rings is 1. The van der Waals surface area contributed by atoms with Crippen molar-refractivity contribution in [3.05, 3.63) is 65.6 Å². The first-order chi connectivity index (χ1) is 13.1. The summed E-state index contributed by atoms with van der Waals surface area (Å²) in [5, 5.41) is 3.11. The third-order valence-corrected chi connectivity index (χ3v) is 4.45. The predicted molar refractivity (Wildman–Crippen MR) is 101 cm³/mol. The van der Waals surface area contributed by atoms with Gasteiger partial charge in [0.05, 0.1) is 12.1 Å². The van der Waals surface area contributed by atoms with Crippen LogP contribution in [0.5, 0.6) is 0 Å². The Morgan fingerprint density at radius 2 is 1.93 bits per heavy atom. The van der Waals surface area contributed by atoms with E-state index in [0.717, 1.165) is 23.0 Å². The highest BCUT2D eigenvalue weighted by molar-refractivity contribution is 5.93. The van der Waals surface area contributed by atoms with Crippen molar-refractivity contribution < 1.29 is 9.21 Å². The summed E-state index contributed by atoms with van der Waals surface area (Å²) in [6, 6.07) is 9.66. The summed E-state index contributed by atoms with van der Waals surface area (Å²) in [5.41, 5.74) is 2.21. The molecule has 0 aliphatic carbocycles. The molecule has 138 valence electrons. The van der Waals surface area contributed by atoms with Gasteiger partial charge in [0.1, 0.15) is 11.5 Å². The predicted octanol–water partition coefficient (Wildman–Crippen LogP) is 3.53. The molecular formula is C20H21N5O2. The molecule has 0 radical (unpaired) electrons.